The summed E-state index contributed by atoms with van der Waals surface area (Å²) in [6, 6.07) is 6.83. The van der Waals surface area contributed by atoms with E-state index in [1.165, 1.54) is 0 Å². The number of amides is 1. The van der Waals surface area contributed by atoms with Gasteiger partial charge in [-0.25, -0.2) is 0 Å². The molecule has 3 unspecified atom stereocenters. The lowest BCUT2D eigenvalue weighted by Gasteiger charge is -2.45. The molecule has 150 valence electrons. The van der Waals surface area contributed by atoms with Crippen molar-refractivity contribution in [3.8, 4) is 0 Å². The molecule has 3 atom stereocenters. The minimum Gasteiger partial charge on any atom is -0.355 e. The number of carbonyl (C=O) groups excluding carboxylic acids is 1. The predicted molar refractivity (Wildman–Crippen MR) is 106 cm³/mol. The van der Waals surface area contributed by atoms with Crippen LogP contribution in [0.2, 0.25) is 0 Å². The minimum absolute atomic E-state index is 0.00410. The summed E-state index contributed by atoms with van der Waals surface area (Å²) in [6.07, 6.45) is 5.58. The highest BCUT2D eigenvalue weighted by atomic mass is 16.5. The minimum atomic E-state index is -0.659. The number of carbonyl (C=O) groups is 1. The molecule has 6 rings (SSSR count). The summed E-state index contributed by atoms with van der Waals surface area (Å²) < 4.78 is 11.6. The maximum absolute atomic E-state index is 13.8. The Hall–Kier alpha value is -2.74. The lowest BCUT2D eigenvalue weighted by Crippen LogP contribution is -2.60. The van der Waals surface area contributed by atoms with Crippen LogP contribution < -0.4 is 9.80 Å². The highest BCUT2D eigenvalue weighted by molar-refractivity contribution is 6.12. The van der Waals surface area contributed by atoms with Gasteiger partial charge in [-0.15, -0.1) is 0 Å². The van der Waals surface area contributed by atoms with E-state index in [0.29, 0.717) is 18.3 Å². The molecule has 0 bridgehead atoms. The topological polar surface area (TPSA) is 84.1 Å². The van der Waals surface area contributed by atoms with Gasteiger partial charge < -0.3 is 14.2 Å². The SMILES string of the molecule is CC1(c2noc(C3N=CN4c5ccccc5N(C5(C)CCCO5)C(=O)C34)n2)CC1. The van der Waals surface area contributed by atoms with E-state index in [1.807, 2.05) is 41.0 Å². The number of nitrogens with zero attached hydrogens (tertiary/aromatic N) is 5. The fourth-order valence-corrected chi connectivity index (χ4v) is 4.68. The summed E-state index contributed by atoms with van der Waals surface area (Å²) in [5.74, 6) is 1.07. The van der Waals surface area contributed by atoms with Gasteiger partial charge in [0.05, 0.1) is 17.7 Å². The Labute approximate surface area is 168 Å². The molecule has 1 amide bonds. The average molecular weight is 393 g/mol. The number of benzene rings is 1. The van der Waals surface area contributed by atoms with Crippen LogP contribution in [0.4, 0.5) is 11.4 Å². The Bertz CT molecular complexity index is 1020. The maximum Gasteiger partial charge on any atom is 0.255 e. The number of hydrogen-bond acceptors (Lipinski definition) is 7. The first kappa shape index (κ1) is 17.1. The van der Waals surface area contributed by atoms with Crippen LogP contribution in [-0.2, 0) is 14.9 Å². The third-order valence-electron chi connectivity index (χ3n) is 6.73. The van der Waals surface area contributed by atoms with Crippen LogP contribution in [0.5, 0.6) is 0 Å². The molecule has 1 aromatic heterocycles. The van der Waals surface area contributed by atoms with Crippen LogP contribution in [-0.4, -0.2) is 40.8 Å². The molecule has 4 aliphatic rings. The second-order valence-corrected chi connectivity index (χ2v) is 8.87. The summed E-state index contributed by atoms with van der Waals surface area (Å²) in [5, 5.41) is 4.18. The normalized spacial score (nSPS) is 31.9. The van der Waals surface area contributed by atoms with Gasteiger partial charge in [-0.1, -0.05) is 24.2 Å². The summed E-state index contributed by atoms with van der Waals surface area (Å²) in [5.41, 5.74) is 1.13. The number of aromatic nitrogens is 2. The first-order valence-electron chi connectivity index (χ1n) is 10.2. The molecule has 0 spiro atoms. The molecule has 0 N–H and O–H groups in total. The van der Waals surface area contributed by atoms with Crippen molar-refractivity contribution >= 4 is 23.6 Å². The second-order valence-electron chi connectivity index (χ2n) is 8.87. The zero-order valence-electron chi connectivity index (χ0n) is 16.5. The Morgan fingerprint density at radius 1 is 1.14 bits per heavy atom. The molecule has 8 nitrogen and oxygen atoms in total. The van der Waals surface area contributed by atoms with Gasteiger partial charge in [0.15, 0.2) is 11.9 Å². The van der Waals surface area contributed by atoms with Crippen LogP contribution in [0, 0.1) is 0 Å². The van der Waals surface area contributed by atoms with Crippen LogP contribution in [0.3, 0.4) is 0 Å². The molecule has 2 fully saturated rings. The number of rotatable bonds is 3. The molecule has 3 aliphatic heterocycles. The maximum atomic E-state index is 13.8. The largest absolute Gasteiger partial charge is 0.355 e. The molecule has 1 aromatic carbocycles. The lowest BCUT2D eigenvalue weighted by molar-refractivity contribution is -0.125. The van der Waals surface area contributed by atoms with Crippen molar-refractivity contribution in [2.75, 3.05) is 16.4 Å². The highest BCUT2D eigenvalue weighted by Crippen LogP contribution is 2.49. The first-order chi connectivity index (χ1) is 14.0. The molecule has 1 saturated carbocycles. The van der Waals surface area contributed by atoms with E-state index >= 15 is 0 Å². The van der Waals surface area contributed by atoms with Crippen molar-refractivity contribution in [3.05, 3.63) is 36.0 Å². The second kappa shape index (κ2) is 5.66. The third kappa shape index (κ3) is 2.35. The van der Waals surface area contributed by atoms with E-state index in [1.54, 1.807) is 6.34 Å². The predicted octanol–water partition coefficient (Wildman–Crippen LogP) is 2.95. The smallest absolute Gasteiger partial charge is 0.255 e. The summed E-state index contributed by atoms with van der Waals surface area (Å²) in [6.45, 7) is 4.78. The van der Waals surface area contributed by atoms with Gasteiger partial charge in [-0.2, -0.15) is 4.98 Å². The lowest BCUT2D eigenvalue weighted by atomic mass is 9.97. The Morgan fingerprint density at radius 3 is 2.66 bits per heavy atom. The van der Waals surface area contributed by atoms with E-state index in [9.17, 15) is 4.79 Å². The molecule has 0 radical (unpaired) electrons. The number of aliphatic imine (C=N–C) groups is 1. The van der Waals surface area contributed by atoms with Crippen molar-refractivity contribution in [1.82, 2.24) is 10.1 Å². The van der Waals surface area contributed by atoms with Crippen LogP contribution in [0.1, 0.15) is 57.3 Å². The zero-order chi connectivity index (χ0) is 19.8. The number of hydrogen-bond donors (Lipinski definition) is 0. The number of fused-ring (bicyclic) bond motifs is 3. The van der Waals surface area contributed by atoms with Crippen LogP contribution in [0.25, 0.3) is 0 Å². The van der Waals surface area contributed by atoms with Crippen molar-refractivity contribution in [2.24, 2.45) is 4.99 Å². The van der Waals surface area contributed by atoms with Crippen molar-refractivity contribution in [1.29, 1.82) is 0 Å². The van der Waals surface area contributed by atoms with E-state index < -0.39 is 17.8 Å². The molecule has 1 aliphatic carbocycles. The molecular formula is C21H23N5O3. The van der Waals surface area contributed by atoms with Gasteiger partial charge >= 0.3 is 0 Å². The van der Waals surface area contributed by atoms with Gasteiger partial charge in [-0.3, -0.25) is 14.7 Å². The molecule has 4 heterocycles. The van der Waals surface area contributed by atoms with E-state index in [4.69, 9.17) is 9.26 Å². The summed E-state index contributed by atoms with van der Waals surface area (Å²) >= 11 is 0. The van der Waals surface area contributed by atoms with Gasteiger partial charge in [0.25, 0.3) is 11.8 Å². The Balaban J connectivity index is 1.43. The first-order valence-corrected chi connectivity index (χ1v) is 10.2. The monoisotopic (exact) mass is 393 g/mol. The highest BCUT2D eigenvalue weighted by Gasteiger charge is 2.53. The van der Waals surface area contributed by atoms with Crippen molar-refractivity contribution in [3.63, 3.8) is 0 Å². The number of ether oxygens (including phenoxy) is 1. The molecule has 8 heteroatoms. The van der Waals surface area contributed by atoms with Gasteiger partial charge in [0.1, 0.15) is 11.8 Å². The van der Waals surface area contributed by atoms with Gasteiger partial charge in [-0.05, 0) is 44.7 Å². The molecule has 2 aromatic rings. The molecular weight excluding hydrogens is 370 g/mol. The Kier molecular flexibility index (Phi) is 3.35. The van der Waals surface area contributed by atoms with Crippen LogP contribution >= 0.6 is 0 Å². The van der Waals surface area contributed by atoms with E-state index in [-0.39, 0.29) is 11.3 Å². The molecule has 1 saturated heterocycles. The van der Waals surface area contributed by atoms with E-state index in [0.717, 1.165) is 37.1 Å². The van der Waals surface area contributed by atoms with Crippen molar-refractivity contribution in [2.45, 2.75) is 62.8 Å². The molecule has 29 heavy (non-hydrogen) atoms. The average Bonchev–Trinajstić information content (AvgIpc) is 3.16. The fraction of sp³-hybridized carbons (Fsp3) is 0.524. The zero-order valence-corrected chi connectivity index (χ0v) is 16.5. The standard InChI is InChI=1S/C21H23N5O3/c1-20(9-10-20)19-23-17(29-24-19)15-16-18(27)26(21(2)8-5-11-28-21)14-7-4-3-6-13(14)25(16)12-22-15/h3-4,6-7,12,15-16H,5,8-11H2,1-2H3. The van der Waals surface area contributed by atoms with Crippen LogP contribution in [0.15, 0.2) is 33.8 Å². The van der Waals surface area contributed by atoms with E-state index in [2.05, 4.69) is 22.1 Å². The quantitative estimate of drug-likeness (QED) is 0.797. The summed E-state index contributed by atoms with van der Waals surface area (Å²) in [4.78, 5) is 26.8. The Morgan fingerprint density at radius 2 is 1.93 bits per heavy atom. The number of anilines is 2. The third-order valence-corrected chi connectivity index (χ3v) is 6.73. The van der Waals surface area contributed by atoms with Gasteiger partial charge in [0.2, 0.25) is 0 Å². The van der Waals surface area contributed by atoms with Gasteiger partial charge in [0, 0.05) is 12.0 Å². The fourth-order valence-electron chi connectivity index (χ4n) is 4.68. The summed E-state index contributed by atoms with van der Waals surface area (Å²) in [7, 11) is 0. The van der Waals surface area contributed by atoms with Crippen molar-refractivity contribution < 1.29 is 14.1 Å². The number of para-hydroxylation sites is 2.